The largest absolute Gasteiger partial charge is 0.350 e. The molecule has 0 radical (unpaired) electrons. The Hall–Kier alpha value is -3.28. The zero-order valence-electron chi connectivity index (χ0n) is 20.7. The molecular formula is C27H30FN7O. The maximum atomic E-state index is 14.1. The fourth-order valence-electron chi connectivity index (χ4n) is 7.46. The van der Waals surface area contributed by atoms with Crippen LogP contribution in [0.25, 0.3) is 0 Å². The number of alkyl halides is 1. The number of nitrogens with zero attached hydrogens (tertiary/aromatic N) is 7. The highest BCUT2D eigenvalue weighted by Crippen LogP contribution is 2.70. The Bertz CT molecular complexity index is 1300. The third-order valence-electron chi connectivity index (χ3n) is 9.45. The summed E-state index contributed by atoms with van der Waals surface area (Å²) < 4.78 is 14.1. The molecule has 8 nitrogen and oxygen atoms in total. The first kappa shape index (κ1) is 22.0. The second-order valence-electron chi connectivity index (χ2n) is 11.9. The van der Waals surface area contributed by atoms with Crippen molar-refractivity contribution in [2.45, 2.75) is 75.5 Å². The number of amides is 1. The molecule has 2 aromatic rings. The molecule has 0 N–H and O–H groups in total. The van der Waals surface area contributed by atoms with E-state index in [0.717, 1.165) is 36.8 Å². The van der Waals surface area contributed by atoms with Crippen molar-refractivity contribution < 1.29 is 9.18 Å². The van der Waals surface area contributed by atoms with E-state index in [1.54, 1.807) is 18.6 Å². The summed E-state index contributed by atoms with van der Waals surface area (Å²) >= 11 is 0. The Morgan fingerprint density at radius 3 is 2.53 bits per heavy atom. The second-order valence-corrected chi connectivity index (χ2v) is 11.9. The smallest absolute Gasteiger partial charge is 0.229 e. The van der Waals surface area contributed by atoms with Gasteiger partial charge >= 0.3 is 0 Å². The lowest BCUT2D eigenvalue weighted by Crippen LogP contribution is -2.72. The number of carbonyl (C=O) groups is 1. The molecule has 2 bridgehead atoms. The van der Waals surface area contributed by atoms with Gasteiger partial charge in [-0.3, -0.25) is 4.79 Å². The Balaban J connectivity index is 1.21. The second kappa shape index (κ2) is 7.15. The van der Waals surface area contributed by atoms with Crippen LogP contribution < -0.4 is 9.80 Å². The molecule has 36 heavy (non-hydrogen) atoms. The third kappa shape index (κ3) is 2.84. The van der Waals surface area contributed by atoms with Crippen LogP contribution in [-0.2, 0) is 10.2 Å². The first-order valence-electron chi connectivity index (χ1n) is 13.0. The minimum absolute atomic E-state index is 0.0204. The van der Waals surface area contributed by atoms with Gasteiger partial charge in [0.2, 0.25) is 5.91 Å². The standard InChI is InChI=1S/C27H30FN7O/c1-17-11-34(24(36)26-12-27(28,13-26)14-26)18(2)10-33(17)22-21-23(32-16-31-22)35(15-25(21)5-3-6-25)20-8-19(9-29)4-7-30-20/h4,7-8,16-18H,3,5-6,10-15H2,1-2H3/t17-,18+,26?,27?/m0/s1. The molecule has 4 saturated carbocycles. The first-order valence-corrected chi connectivity index (χ1v) is 13.0. The van der Waals surface area contributed by atoms with Crippen molar-refractivity contribution in [1.82, 2.24) is 19.9 Å². The number of anilines is 3. The summed E-state index contributed by atoms with van der Waals surface area (Å²) in [6, 6.07) is 5.86. The Labute approximate surface area is 210 Å². The van der Waals surface area contributed by atoms with Crippen LogP contribution in [-0.4, -0.2) is 63.1 Å². The van der Waals surface area contributed by atoms with Crippen molar-refractivity contribution in [3.8, 4) is 6.07 Å². The zero-order valence-corrected chi connectivity index (χ0v) is 20.7. The number of carbonyl (C=O) groups excluding carboxylic acids is 1. The predicted octanol–water partition coefficient (Wildman–Crippen LogP) is 3.63. The first-order chi connectivity index (χ1) is 17.3. The van der Waals surface area contributed by atoms with Gasteiger partial charge in [0, 0.05) is 48.9 Å². The average molecular weight is 488 g/mol. The van der Waals surface area contributed by atoms with Crippen LogP contribution in [0.15, 0.2) is 24.7 Å². The number of hydrogen-bond acceptors (Lipinski definition) is 7. The van der Waals surface area contributed by atoms with Gasteiger partial charge in [0.1, 0.15) is 29.4 Å². The van der Waals surface area contributed by atoms with Crippen molar-refractivity contribution in [3.05, 3.63) is 35.8 Å². The fraction of sp³-hybridized carbons (Fsp3) is 0.593. The number of halogens is 1. The number of pyridine rings is 1. The van der Waals surface area contributed by atoms with Crippen LogP contribution in [0.4, 0.5) is 21.8 Å². The molecule has 2 aliphatic heterocycles. The molecule has 2 aromatic heterocycles. The molecule has 6 aliphatic rings. The van der Waals surface area contributed by atoms with Crippen LogP contribution in [0.3, 0.4) is 0 Å². The minimum atomic E-state index is -1.07. The summed E-state index contributed by atoms with van der Waals surface area (Å²) in [7, 11) is 0. The topological polar surface area (TPSA) is 89.2 Å². The number of aromatic nitrogens is 3. The van der Waals surface area contributed by atoms with Crippen molar-refractivity contribution >= 4 is 23.4 Å². The highest BCUT2D eigenvalue weighted by atomic mass is 19.1. The molecule has 1 spiro atoms. The molecule has 0 aromatic carbocycles. The van der Waals surface area contributed by atoms with Crippen molar-refractivity contribution in [1.29, 1.82) is 5.26 Å². The highest BCUT2D eigenvalue weighted by Gasteiger charge is 2.73. The number of rotatable bonds is 3. The molecule has 4 heterocycles. The third-order valence-corrected chi connectivity index (χ3v) is 9.45. The van der Waals surface area contributed by atoms with Crippen LogP contribution >= 0.6 is 0 Å². The van der Waals surface area contributed by atoms with Crippen LogP contribution in [0.5, 0.6) is 0 Å². The van der Waals surface area contributed by atoms with Crippen LogP contribution in [0, 0.1) is 16.7 Å². The van der Waals surface area contributed by atoms with E-state index < -0.39 is 11.1 Å². The summed E-state index contributed by atoms with van der Waals surface area (Å²) in [6.45, 7) is 6.33. The molecule has 2 atom stereocenters. The maximum Gasteiger partial charge on any atom is 0.229 e. The summed E-state index contributed by atoms with van der Waals surface area (Å²) in [5, 5.41) is 9.40. The van der Waals surface area contributed by atoms with Crippen molar-refractivity contribution in [3.63, 3.8) is 0 Å². The number of piperazine rings is 1. The van der Waals surface area contributed by atoms with E-state index in [9.17, 15) is 14.4 Å². The maximum absolute atomic E-state index is 14.1. The van der Waals surface area contributed by atoms with E-state index in [0.29, 0.717) is 37.9 Å². The molecule has 1 amide bonds. The van der Waals surface area contributed by atoms with E-state index in [1.165, 1.54) is 12.0 Å². The monoisotopic (exact) mass is 487 g/mol. The average Bonchev–Trinajstić information content (AvgIpc) is 3.19. The molecule has 9 heteroatoms. The summed E-state index contributed by atoms with van der Waals surface area (Å²) in [5.74, 6) is 2.71. The van der Waals surface area contributed by atoms with Crippen LogP contribution in [0.1, 0.15) is 63.5 Å². The number of hydrogen-bond donors (Lipinski definition) is 0. The SMILES string of the molecule is C[C@@H]1CN(c2ncnc3c2C2(CCC2)CN3c2cc(C#N)ccn2)[C@@H](C)CN1C(=O)C12CC(F)(C1)C2. The number of fused-ring (bicyclic) bond motifs is 2. The van der Waals surface area contributed by atoms with E-state index >= 15 is 0 Å². The van der Waals surface area contributed by atoms with Crippen LogP contribution in [0.2, 0.25) is 0 Å². The molecule has 8 rings (SSSR count). The molecule has 5 fully saturated rings. The summed E-state index contributed by atoms with van der Waals surface area (Å²) in [5.41, 5.74) is 0.225. The summed E-state index contributed by atoms with van der Waals surface area (Å²) in [6.07, 6.45) is 7.83. The quantitative estimate of drug-likeness (QED) is 0.653. The normalized spacial score (nSPS) is 33.3. The van der Waals surface area contributed by atoms with Gasteiger partial charge in [-0.2, -0.15) is 5.26 Å². The minimum Gasteiger partial charge on any atom is -0.350 e. The zero-order chi connectivity index (χ0) is 24.9. The van der Waals surface area contributed by atoms with E-state index in [-0.39, 0.29) is 23.4 Å². The van der Waals surface area contributed by atoms with E-state index in [4.69, 9.17) is 9.97 Å². The van der Waals surface area contributed by atoms with Gasteiger partial charge in [-0.25, -0.2) is 19.3 Å². The molecule has 4 aliphatic carbocycles. The van der Waals surface area contributed by atoms with Gasteiger partial charge in [-0.1, -0.05) is 6.42 Å². The predicted molar refractivity (Wildman–Crippen MR) is 132 cm³/mol. The molecule has 186 valence electrons. The highest BCUT2D eigenvalue weighted by molar-refractivity contribution is 5.87. The summed E-state index contributed by atoms with van der Waals surface area (Å²) in [4.78, 5) is 33.9. The lowest BCUT2D eigenvalue weighted by Gasteiger charge is -2.66. The van der Waals surface area contributed by atoms with Crippen molar-refractivity contribution in [2.75, 3.05) is 29.4 Å². The van der Waals surface area contributed by atoms with Gasteiger partial charge in [-0.05, 0) is 58.1 Å². The molecule has 1 saturated heterocycles. The fourth-order valence-corrected chi connectivity index (χ4v) is 7.46. The Morgan fingerprint density at radius 1 is 1.11 bits per heavy atom. The van der Waals surface area contributed by atoms with Crippen molar-refractivity contribution in [2.24, 2.45) is 5.41 Å². The van der Waals surface area contributed by atoms with Gasteiger partial charge < -0.3 is 14.7 Å². The van der Waals surface area contributed by atoms with Gasteiger partial charge in [-0.15, -0.1) is 0 Å². The Kier molecular flexibility index (Phi) is 4.36. The van der Waals surface area contributed by atoms with Gasteiger partial charge in [0.15, 0.2) is 0 Å². The van der Waals surface area contributed by atoms with E-state index in [1.807, 2.05) is 11.0 Å². The molecular weight excluding hydrogens is 457 g/mol. The van der Waals surface area contributed by atoms with E-state index in [2.05, 4.69) is 34.7 Å². The lowest BCUT2D eigenvalue weighted by atomic mass is 9.41. The van der Waals surface area contributed by atoms with Gasteiger partial charge in [0.25, 0.3) is 0 Å². The molecule has 0 unspecified atom stereocenters. The lowest BCUT2D eigenvalue weighted by molar-refractivity contribution is -0.223. The van der Waals surface area contributed by atoms with Gasteiger partial charge in [0.05, 0.1) is 17.0 Å². The number of nitriles is 1. The Morgan fingerprint density at radius 2 is 1.86 bits per heavy atom.